The molecule has 14 rings (SSSR count). The Balaban J connectivity index is 0.000000171. The second kappa shape index (κ2) is 40.9. The number of ketones is 1. The molecule has 1 aliphatic rings. The monoisotopic (exact) mass is 1600 g/mol. The highest BCUT2D eigenvalue weighted by atomic mass is 79.9. The van der Waals surface area contributed by atoms with Crippen LogP contribution in [0.4, 0.5) is 23.0 Å². The van der Waals surface area contributed by atoms with E-state index >= 15 is 0 Å². The number of aldehydes is 1. The summed E-state index contributed by atoms with van der Waals surface area (Å²) in [7, 11) is 0. The van der Waals surface area contributed by atoms with Crippen molar-refractivity contribution in [1.29, 1.82) is 0 Å². The Kier molecular flexibility index (Phi) is 31.8. The molecule has 0 amide bonds. The topological polar surface area (TPSA) is 331 Å². The average molecular weight is 1600 g/mol. The summed E-state index contributed by atoms with van der Waals surface area (Å²) in [5, 5.41) is 16.9. The summed E-state index contributed by atoms with van der Waals surface area (Å²) in [5.41, 5.74) is 36.6. The number of Topliss-reactive ketones (excluding diaryl/α,β-unsaturated/α-hetero) is 1. The number of aliphatic hydroxyl groups is 1. The van der Waals surface area contributed by atoms with E-state index in [1.165, 1.54) is 29.2 Å². The number of carbonyl (C=O) groups is 4. The van der Waals surface area contributed by atoms with Crippen LogP contribution in [0.1, 0.15) is 94.3 Å². The number of anilines is 4. The van der Waals surface area contributed by atoms with Gasteiger partial charge in [0.2, 0.25) is 5.24 Å². The zero-order valence-corrected chi connectivity index (χ0v) is 63.1. The number of aliphatic carboxylic acids is 1. The molecule has 1 fully saturated rings. The predicted octanol–water partition coefficient (Wildman–Crippen LogP) is 15.6. The molecule has 0 aliphatic heterocycles. The highest BCUT2D eigenvalue weighted by Crippen LogP contribution is 2.26. The zero-order valence-electron chi connectivity index (χ0n) is 57.6. The highest BCUT2D eigenvalue weighted by Gasteiger charge is 2.28. The number of carbonyl (C=O) groups excluding carboxylic acids is 3. The minimum Gasteiger partial charge on any atom is -0.481 e. The lowest BCUT2D eigenvalue weighted by Crippen LogP contribution is -2.10. The Morgan fingerprint density at radius 3 is 1.31 bits per heavy atom. The zero-order chi connectivity index (χ0) is 74.4. The van der Waals surface area contributed by atoms with E-state index in [4.69, 9.17) is 33.1 Å². The van der Waals surface area contributed by atoms with Crippen molar-refractivity contribution < 1.29 is 29.4 Å². The van der Waals surface area contributed by atoms with Crippen LogP contribution in [-0.4, -0.2) is 93.2 Å². The molecule has 0 radical (unpaired) electrons. The summed E-state index contributed by atoms with van der Waals surface area (Å²) in [6.45, 7) is 11.2. The van der Waals surface area contributed by atoms with E-state index in [0.717, 1.165) is 120 Å². The average Bonchev–Trinajstić information content (AvgIpc) is 1.67. The Hall–Kier alpha value is -10.4. The molecule has 2 atom stereocenters. The molecule has 8 aromatic heterocycles. The Morgan fingerprint density at radius 2 is 0.903 bits per heavy atom. The SMILES string of the molecule is CC(=O)Cc1cnc2nc(C)n(Cc3ccccc3)c2c1.CC(=O)Cl.Cc1nc2ncc(Br)cc2n1Cc1ccccc1.Cc1nc2ncc(N)cc2n1Cc1ccccc1.Nc1cc(Br)cnc1N.Nc1ncc(Br)cc1CCc1ccccc1.O=C(O)[C@H]1CC[C@H](O)C1.O=Cc1ccccc1. The fraction of sp³-hybridized carbons (Fsp3) is 0.205. The fourth-order valence-corrected chi connectivity index (χ4v) is 11.5. The van der Waals surface area contributed by atoms with Gasteiger partial charge < -0.3 is 46.8 Å². The van der Waals surface area contributed by atoms with Crippen LogP contribution in [0.2, 0.25) is 0 Å². The molecular weight excluding hydrogens is 1520 g/mol. The third-order valence-corrected chi connectivity index (χ3v) is 16.8. The quantitative estimate of drug-likeness (QED) is 0.0461. The largest absolute Gasteiger partial charge is 0.481 e. The fourth-order valence-electron chi connectivity index (χ4n) is 10.5. The lowest BCUT2D eigenvalue weighted by molar-refractivity contribution is -0.141. The van der Waals surface area contributed by atoms with E-state index in [2.05, 4.69) is 192 Å². The summed E-state index contributed by atoms with van der Waals surface area (Å²) < 4.78 is 9.25. The minimum absolute atomic E-state index is 0.141. The molecular formula is C78H81Br3ClN15O6. The van der Waals surface area contributed by atoms with Gasteiger partial charge in [-0.3, -0.25) is 19.2 Å². The van der Waals surface area contributed by atoms with Gasteiger partial charge >= 0.3 is 5.97 Å². The number of carboxylic acids is 1. The van der Waals surface area contributed by atoms with Crippen LogP contribution in [0.5, 0.6) is 0 Å². The third-order valence-electron chi connectivity index (χ3n) is 15.5. The van der Waals surface area contributed by atoms with Crippen LogP contribution in [0, 0.1) is 26.7 Å². The molecule has 1 saturated carbocycles. The van der Waals surface area contributed by atoms with E-state index in [1.54, 1.807) is 56.1 Å². The molecule has 10 N–H and O–H groups in total. The molecule has 0 bridgehead atoms. The van der Waals surface area contributed by atoms with Crippen molar-refractivity contribution in [1.82, 2.24) is 53.6 Å². The van der Waals surface area contributed by atoms with Gasteiger partial charge in [-0.1, -0.05) is 152 Å². The molecule has 0 saturated heterocycles. The molecule has 1 aliphatic carbocycles. The van der Waals surface area contributed by atoms with Gasteiger partial charge in [-0.25, -0.2) is 39.9 Å². The minimum atomic E-state index is -0.772. The smallest absolute Gasteiger partial charge is 0.306 e. The Labute approximate surface area is 628 Å². The summed E-state index contributed by atoms with van der Waals surface area (Å²) in [5.74, 6) is 2.94. The van der Waals surface area contributed by atoms with E-state index in [-0.39, 0.29) is 23.0 Å². The van der Waals surface area contributed by atoms with E-state index in [1.807, 2.05) is 106 Å². The van der Waals surface area contributed by atoms with Gasteiger partial charge in [0, 0.05) is 76.7 Å². The molecule has 0 spiro atoms. The lowest BCUT2D eigenvalue weighted by Gasteiger charge is -2.07. The van der Waals surface area contributed by atoms with Crippen molar-refractivity contribution in [2.75, 3.05) is 22.9 Å². The van der Waals surface area contributed by atoms with Crippen LogP contribution in [0.15, 0.2) is 226 Å². The first-order valence-electron chi connectivity index (χ1n) is 32.6. The number of aryl methyl sites for hydroxylation is 5. The molecule has 532 valence electrons. The van der Waals surface area contributed by atoms with E-state index in [0.29, 0.717) is 48.7 Å². The Bertz CT molecular complexity index is 4740. The number of carboxylic acid groups (broad SMARTS) is 1. The number of benzene rings is 5. The van der Waals surface area contributed by atoms with Gasteiger partial charge in [0.05, 0.1) is 46.1 Å². The lowest BCUT2D eigenvalue weighted by atomic mass is 10.1. The van der Waals surface area contributed by atoms with Crippen molar-refractivity contribution in [3.8, 4) is 0 Å². The number of halogens is 4. The number of rotatable bonds is 13. The summed E-state index contributed by atoms with van der Waals surface area (Å²) in [6.07, 6.45) is 13.0. The van der Waals surface area contributed by atoms with Gasteiger partial charge in [-0.15, -0.1) is 0 Å². The number of nitrogen functional groups attached to an aromatic ring is 4. The second-order valence-corrected chi connectivity index (χ2v) is 27.0. The predicted molar refractivity (Wildman–Crippen MR) is 420 cm³/mol. The first kappa shape index (κ1) is 79.9. The van der Waals surface area contributed by atoms with E-state index < -0.39 is 5.97 Å². The highest BCUT2D eigenvalue weighted by molar-refractivity contribution is 9.11. The van der Waals surface area contributed by atoms with Gasteiger partial charge in [0.1, 0.15) is 41.2 Å². The van der Waals surface area contributed by atoms with Crippen LogP contribution >= 0.6 is 59.4 Å². The molecule has 5 aromatic carbocycles. The summed E-state index contributed by atoms with van der Waals surface area (Å²) in [6, 6.07) is 60.2. The van der Waals surface area contributed by atoms with Crippen LogP contribution < -0.4 is 22.9 Å². The van der Waals surface area contributed by atoms with Gasteiger partial charge in [-0.05, 0) is 183 Å². The van der Waals surface area contributed by atoms with Gasteiger partial charge in [0.15, 0.2) is 16.9 Å². The third kappa shape index (κ3) is 26.5. The molecule has 21 nitrogen and oxygen atoms in total. The molecule has 103 heavy (non-hydrogen) atoms. The van der Waals surface area contributed by atoms with Crippen molar-refractivity contribution in [3.05, 3.63) is 283 Å². The summed E-state index contributed by atoms with van der Waals surface area (Å²) >= 11 is 14.7. The standard InChI is InChI=1S/C17H17N3O.C14H12BrN3.C14H14N4.C13H13BrN2.C7H6O.C6H10O3.C5H6BrN3.C2H3ClO/c1-12(21)8-15-9-16-17(18-10-15)19-13(2)20(16)11-14-6-4-3-5-7-14;2*1-10-17-14-13(7-12(15)8-16-14)18(10)9-11-5-3-2-4-6-11;14-12-8-11(13(15)16-9-12)7-6-10-4-2-1-3-5-10;8-6-7-4-2-1-3-5-7;7-5-2-1-4(3-5)6(8)9;6-3-1-4(7)5(8)9-2-3;1-2(3)4/h3-7,9-10H,8,11H2,1-2H3;2-8H,9H2,1H3;2-8H,9,15H2,1H3;1-5,8-9H,6-7H2,(H2,15,16);1-6H;4-5,7H,1-3H2,(H,8,9);1-2H,7H2,(H2,8,9);1H3/t;;;;;4-,5-;;/m.....0../s1. The molecule has 13 aromatic rings. The number of aliphatic hydroxyl groups excluding tert-OH is 1. The first-order chi connectivity index (χ1) is 49.4. The van der Waals surface area contributed by atoms with Gasteiger partial charge in [0.25, 0.3) is 0 Å². The number of imidazole rings is 3. The number of nitrogens with zero attached hydrogens (tertiary/aromatic N) is 11. The van der Waals surface area contributed by atoms with Crippen LogP contribution in [0.3, 0.4) is 0 Å². The van der Waals surface area contributed by atoms with Crippen LogP contribution in [0.25, 0.3) is 33.5 Å². The maximum atomic E-state index is 11.3. The number of hydrogen-bond donors (Lipinski definition) is 6. The number of fused-ring (bicyclic) bond motifs is 3. The van der Waals surface area contributed by atoms with Crippen LogP contribution in [-0.2, 0) is 53.3 Å². The molecule has 8 heterocycles. The number of pyridine rings is 5. The number of hydrogen-bond acceptors (Lipinski definition) is 17. The normalized spacial score (nSPS) is 12.4. The number of nitrogens with two attached hydrogens (primary N) is 4. The maximum absolute atomic E-state index is 11.3. The molecule has 0 unspecified atom stereocenters. The second-order valence-electron chi connectivity index (χ2n) is 23.7. The molecule has 25 heteroatoms. The first-order valence-corrected chi connectivity index (χ1v) is 35.4. The number of aromatic nitrogens is 11. The van der Waals surface area contributed by atoms with E-state index in [9.17, 15) is 19.2 Å². The van der Waals surface area contributed by atoms with Crippen molar-refractivity contribution in [3.63, 3.8) is 0 Å². The summed E-state index contributed by atoms with van der Waals surface area (Å²) in [4.78, 5) is 75.0. The van der Waals surface area contributed by atoms with Crippen molar-refractivity contribution in [2.24, 2.45) is 5.92 Å². The maximum Gasteiger partial charge on any atom is 0.306 e. The van der Waals surface area contributed by atoms with Crippen molar-refractivity contribution in [2.45, 2.75) is 98.9 Å². The Morgan fingerprint density at radius 1 is 0.505 bits per heavy atom. The van der Waals surface area contributed by atoms with Crippen molar-refractivity contribution >= 4 is 139 Å². The van der Waals surface area contributed by atoms with Gasteiger partial charge in [-0.2, -0.15) is 0 Å².